The summed E-state index contributed by atoms with van der Waals surface area (Å²) in [4.78, 5) is 0. The Bertz CT molecular complexity index is 279. The first-order chi connectivity index (χ1) is 7.76. The summed E-state index contributed by atoms with van der Waals surface area (Å²) in [6, 6.07) is 9.93. The molecule has 16 heavy (non-hydrogen) atoms. The van der Waals surface area contributed by atoms with Crippen molar-refractivity contribution in [1.29, 1.82) is 0 Å². The third-order valence-electron chi connectivity index (χ3n) is 2.15. The summed E-state index contributed by atoms with van der Waals surface area (Å²) in [6.45, 7) is 0.226. The molecule has 1 aromatic rings. The van der Waals surface area contributed by atoms with Crippen LogP contribution in [0.25, 0.3) is 0 Å². The normalized spacial score (nSPS) is 11.7. The molecule has 0 saturated carbocycles. The van der Waals surface area contributed by atoms with Gasteiger partial charge in [-0.05, 0) is 5.19 Å². The first-order valence-electron chi connectivity index (χ1n) is 4.84. The number of methoxy groups -OCH3 is 3. The molecule has 0 aliphatic carbocycles. The van der Waals surface area contributed by atoms with E-state index >= 15 is 0 Å². The predicted octanol–water partition coefficient (Wildman–Crippen LogP) is 0.541. The third kappa shape index (κ3) is 3.69. The topological polar surface area (TPSA) is 36.9 Å². The van der Waals surface area contributed by atoms with Crippen LogP contribution in [0.3, 0.4) is 0 Å². The summed E-state index contributed by atoms with van der Waals surface area (Å²) in [5.74, 6) is -1.11. The van der Waals surface area contributed by atoms with Gasteiger partial charge < -0.3 is 18.6 Å². The van der Waals surface area contributed by atoms with Gasteiger partial charge in [0.2, 0.25) is 0 Å². The van der Waals surface area contributed by atoms with Crippen molar-refractivity contribution < 1.29 is 18.6 Å². The van der Waals surface area contributed by atoms with Crippen LogP contribution in [-0.4, -0.2) is 43.7 Å². The molecule has 0 saturated heterocycles. The molecule has 0 amide bonds. The Morgan fingerprint density at radius 1 is 1.00 bits per heavy atom. The molecule has 0 aromatic heterocycles. The van der Waals surface area contributed by atoms with Crippen molar-refractivity contribution in [3.63, 3.8) is 0 Å². The van der Waals surface area contributed by atoms with E-state index < -0.39 is 5.97 Å². The van der Waals surface area contributed by atoms with E-state index in [9.17, 15) is 0 Å². The SMILES string of the molecule is COC(CO[Si]c1ccccc1)(OC)OC. The van der Waals surface area contributed by atoms with Gasteiger partial charge in [-0.15, -0.1) is 0 Å². The van der Waals surface area contributed by atoms with Gasteiger partial charge in [0.1, 0.15) is 6.61 Å². The highest BCUT2D eigenvalue weighted by Crippen LogP contribution is 2.11. The molecule has 5 heteroatoms. The van der Waals surface area contributed by atoms with Crippen LogP contribution < -0.4 is 5.19 Å². The Morgan fingerprint density at radius 3 is 2.06 bits per heavy atom. The lowest BCUT2D eigenvalue weighted by atomic mass is 10.4. The third-order valence-corrected chi connectivity index (χ3v) is 3.00. The fourth-order valence-electron chi connectivity index (χ4n) is 1.14. The fraction of sp³-hybridized carbons (Fsp3) is 0.455. The molecule has 1 aromatic carbocycles. The van der Waals surface area contributed by atoms with E-state index in [1.807, 2.05) is 30.3 Å². The van der Waals surface area contributed by atoms with Gasteiger partial charge in [-0.1, -0.05) is 30.3 Å². The van der Waals surface area contributed by atoms with Crippen molar-refractivity contribution in [2.24, 2.45) is 0 Å². The molecule has 0 aliphatic rings. The maximum absolute atomic E-state index is 5.51. The van der Waals surface area contributed by atoms with E-state index in [2.05, 4.69) is 0 Å². The zero-order chi connectivity index (χ0) is 11.9. The molecule has 0 heterocycles. The summed E-state index contributed by atoms with van der Waals surface area (Å²) < 4.78 is 20.8. The zero-order valence-corrected chi connectivity index (χ0v) is 10.7. The summed E-state index contributed by atoms with van der Waals surface area (Å²) in [6.07, 6.45) is 0. The van der Waals surface area contributed by atoms with Crippen LogP contribution >= 0.6 is 0 Å². The van der Waals surface area contributed by atoms with Crippen LogP contribution in [0.5, 0.6) is 0 Å². The number of rotatable bonds is 7. The number of benzene rings is 1. The molecule has 0 unspecified atom stereocenters. The van der Waals surface area contributed by atoms with Crippen molar-refractivity contribution >= 4 is 14.9 Å². The molecule has 0 bridgehead atoms. The highest BCUT2D eigenvalue weighted by Gasteiger charge is 2.29. The van der Waals surface area contributed by atoms with Gasteiger partial charge in [0, 0.05) is 21.3 Å². The van der Waals surface area contributed by atoms with Gasteiger partial charge in [0.15, 0.2) is 0 Å². The van der Waals surface area contributed by atoms with E-state index in [1.54, 1.807) is 0 Å². The Labute approximate surface area is 98.4 Å². The second-order valence-electron chi connectivity index (χ2n) is 3.05. The number of ether oxygens (including phenoxy) is 3. The Morgan fingerprint density at radius 2 is 1.56 bits per heavy atom. The lowest BCUT2D eigenvalue weighted by molar-refractivity contribution is -0.361. The Hall–Kier alpha value is -0.723. The molecular formula is C11H16O4Si. The standard InChI is InChI=1S/C11H16O4Si/c1-12-11(13-2,14-3)9-15-16-10-7-5-4-6-8-10/h4-8H,9H2,1-3H3. The smallest absolute Gasteiger partial charge is 0.305 e. The second kappa shape index (κ2) is 6.77. The maximum Gasteiger partial charge on any atom is 0.305 e. The first kappa shape index (κ1) is 13.3. The van der Waals surface area contributed by atoms with Crippen LogP contribution in [-0.2, 0) is 18.6 Å². The largest absolute Gasteiger partial charge is 0.403 e. The van der Waals surface area contributed by atoms with Crippen LogP contribution in [0.1, 0.15) is 0 Å². The molecule has 4 nitrogen and oxygen atoms in total. The van der Waals surface area contributed by atoms with E-state index in [4.69, 9.17) is 18.6 Å². The fourth-order valence-corrected chi connectivity index (χ4v) is 1.88. The van der Waals surface area contributed by atoms with Crippen molar-refractivity contribution in [3.8, 4) is 0 Å². The molecule has 0 aliphatic heterocycles. The monoisotopic (exact) mass is 240 g/mol. The molecule has 0 atom stereocenters. The zero-order valence-electron chi connectivity index (χ0n) is 9.73. The lowest BCUT2D eigenvalue weighted by Crippen LogP contribution is -2.42. The van der Waals surface area contributed by atoms with Gasteiger partial charge in [-0.25, -0.2) is 0 Å². The van der Waals surface area contributed by atoms with Gasteiger partial charge in [0.25, 0.3) is 9.76 Å². The van der Waals surface area contributed by atoms with Gasteiger partial charge >= 0.3 is 5.97 Å². The molecule has 88 valence electrons. The minimum Gasteiger partial charge on any atom is -0.403 e. The minimum absolute atomic E-state index is 0.226. The first-order valence-corrected chi connectivity index (χ1v) is 5.75. The van der Waals surface area contributed by atoms with Crippen molar-refractivity contribution in [1.82, 2.24) is 0 Å². The lowest BCUT2D eigenvalue weighted by Gasteiger charge is -2.28. The van der Waals surface area contributed by atoms with Crippen LogP contribution in [0, 0.1) is 0 Å². The Kier molecular flexibility index (Phi) is 5.65. The van der Waals surface area contributed by atoms with Crippen LogP contribution in [0.2, 0.25) is 0 Å². The molecule has 0 fully saturated rings. The average Bonchev–Trinajstić information content (AvgIpc) is 2.37. The van der Waals surface area contributed by atoms with Crippen LogP contribution in [0.15, 0.2) is 30.3 Å². The predicted molar refractivity (Wildman–Crippen MR) is 61.5 cm³/mol. The molecule has 1 rings (SSSR count). The molecule has 2 radical (unpaired) electrons. The van der Waals surface area contributed by atoms with Gasteiger partial charge in [-0.2, -0.15) is 0 Å². The summed E-state index contributed by atoms with van der Waals surface area (Å²) >= 11 is 0. The van der Waals surface area contributed by atoms with E-state index in [-0.39, 0.29) is 16.4 Å². The number of hydrogen-bond donors (Lipinski definition) is 0. The van der Waals surface area contributed by atoms with E-state index in [1.165, 1.54) is 21.3 Å². The van der Waals surface area contributed by atoms with Gasteiger partial charge in [-0.3, -0.25) is 0 Å². The molecular weight excluding hydrogens is 224 g/mol. The number of hydrogen-bond acceptors (Lipinski definition) is 4. The van der Waals surface area contributed by atoms with Crippen molar-refractivity contribution in [2.45, 2.75) is 5.97 Å². The van der Waals surface area contributed by atoms with Crippen molar-refractivity contribution in [2.75, 3.05) is 27.9 Å². The Balaban J connectivity index is 2.39. The summed E-state index contributed by atoms with van der Waals surface area (Å²) in [5.41, 5.74) is 0. The highest BCUT2D eigenvalue weighted by atomic mass is 28.2. The van der Waals surface area contributed by atoms with Gasteiger partial charge in [0.05, 0.1) is 0 Å². The van der Waals surface area contributed by atoms with Crippen molar-refractivity contribution in [3.05, 3.63) is 30.3 Å². The quantitative estimate of drug-likeness (QED) is 0.515. The van der Waals surface area contributed by atoms with E-state index in [0.717, 1.165) is 5.19 Å². The summed E-state index contributed by atoms with van der Waals surface area (Å²) in [5, 5.41) is 1.12. The molecule has 0 spiro atoms. The van der Waals surface area contributed by atoms with E-state index in [0.29, 0.717) is 0 Å². The summed E-state index contributed by atoms with van der Waals surface area (Å²) in [7, 11) is 4.79. The maximum atomic E-state index is 5.51. The average molecular weight is 240 g/mol. The highest BCUT2D eigenvalue weighted by molar-refractivity contribution is 6.46. The minimum atomic E-state index is -1.11. The second-order valence-corrected chi connectivity index (χ2v) is 4.12. The molecule has 0 N–H and O–H groups in total. The van der Waals surface area contributed by atoms with Crippen LogP contribution in [0.4, 0.5) is 0 Å².